The zero-order valence-corrected chi connectivity index (χ0v) is 17.5. The van der Waals surface area contributed by atoms with E-state index in [4.69, 9.17) is 4.74 Å². The van der Waals surface area contributed by atoms with E-state index >= 15 is 0 Å². The van der Waals surface area contributed by atoms with Crippen molar-refractivity contribution in [2.45, 2.75) is 5.16 Å². The summed E-state index contributed by atoms with van der Waals surface area (Å²) < 4.78 is 20.5. The number of halogens is 1. The number of aromatic amines is 1. The average molecular weight is 439 g/mol. The fraction of sp³-hybridized carbons (Fsp3) is 0.143. The third-order valence-corrected chi connectivity index (χ3v) is 5.62. The number of H-pyrrole nitrogens is 1. The second-order valence-electron chi connectivity index (χ2n) is 6.55. The van der Waals surface area contributed by atoms with Crippen molar-refractivity contribution in [1.29, 1.82) is 0 Å². The first-order chi connectivity index (χ1) is 15.0. The first kappa shape index (κ1) is 20.6. The summed E-state index contributed by atoms with van der Waals surface area (Å²) in [6, 6.07) is 13.5. The van der Waals surface area contributed by atoms with Gasteiger partial charge in [-0.3, -0.25) is 0 Å². The van der Waals surface area contributed by atoms with Crippen LogP contribution in [0.4, 0.5) is 4.39 Å². The monoisotopic (exact) mass is 439 g/mol. The van der Waals surface area contributed by atoms with Crippen LogP contribution in [0.3, 0.4) is 0 Å². The topological polar surface area (TPSA) is 106 Å². The lowest BCUT2D eigenvalue weighted by molar-refractivity contribution is -0.133. The van der Waals surface area contributed by atoms with E-state index < -0.39 is 11.8 Å². The molecule has 0 aliphatic carbocycles. The van der Waals surface area contributed by atoms with Crippen LogP contribution in [0.2, 0.25) is 0 Å². The number of carbonyl (C=O) groups excluding carboxylic acids is 1. The van der Waals surface area contributed by atoms with E-state index in [0.29, 0.717) is 22.1 Å². The van der Waals surface area contributed by atoms with Crippen molar-refractivity contribution in [1.82, 2.24) is 24.7 Å². The van der Waals surface area contributed by atoms with E-state index in [1.165, 1.54) is 13.2 Å². The van der Waals surface area contributed by atoms with Gasteiger partial charge in [-0.25, -0.2) is 14.2 Å². The van der Waals surface area contributed by atoms with E-state index in [2.05, 4.69) is 20.2 Å². The van der Waals surface area contributed by atoms with E-state index in [1.54, 1.807) is 35.9 Å². The Morgan fingerprint density at radius 3 is 2.68 bits per heavy atom. The second-order valence-corrected chi connectivity index (χ2v) is 7.49. The highest BCUT2D eigenvalue weighted by Gasteiger charge is 2.23. The highest BCUT2D eigenvalue weighted by Crippen LogP contribution is 2.27. The van der Waals surface area contributed by atoms with Gasteiger partial charge in [-0.2, -0.15) is 0 Å². The predicted octanol–water partition coefficient (Wildman–Crippen LogP) is 3.73. The number of thioether (sulfide) groups is 1. The number of imidazole rings is 1. The maximum atomic E-state index is 14.1. The molecule has 0 spiro atoms. The highest BCUT2D eigenvalue weighted by molar-refractivity contribution is 7.99. The number of esters is 1. The van der Waals surface area contributed by atoms with Gasteiger partial charge in [0.25, 0.3) is 0 Å². The lowest BCUT2D eigenvalue weighted by Crippen LogP contribution is -2.10. The van der Waals surface area contributed by atoms with E-state index in [0.717, 1.165) is 17.3 Å². The van der Waals surface area contributed by atoms with Crippen LogP contribution in [-0.2, 0) is 16.6 Å². The van der Waals surface area contributed by atoms with Crippen LogP contribution in [0.1, 0.15) is 5.82 Å². The fourth-order valence-corrected chi connectivity index (χ4v) is 3.84. The van der Waals surface area contributed by atoms with E-state index in [-0.39, 0.29) is 22.9 Å². The number of hydrogen-bond donors (Lipinski definition) is 2. The van der Waals surface area contributed by atoms with Crippen LogP contribution >= 0.6 is 11.8 Å². The Labute approximate surface area is 180 Å². The SMILES string of the molecule is COC(=O)/C(=C(/O)CSc1nnc(-c2ccccc2F)n1C)c1nc2ccccc2[nH]1. The standard InChI is InChI=1S/C21H18FN5O3S/c1-27-19(12-7-3-4-8-13(12)22)25-26-21(27)31-11-16(28)17(20(29)30-2)18-23-14-9-5-6-10-15(14)24-18/h3-10,28H,11H2,1-2H3,(H,23,24)/b17-16+. The largest absolute Gasteiger partial charge is 0.510 e. The van der Waals surface area contributed by atoms with Gasteiger partial charge in [-0.15, -0.1) is 10.2 Å². The molecule has 8 nitrogen and oxygen atoms in total. The Bertz CT molecular complexity index is 1260. The molecule has 0 amide bonds. The lowest BCUT2D eigenvalue weighted by atomic mass is 10.2. The van der Waals surface area contributed by atoms with Crippen molar-refractivity contribution < 1.29 is 19.0 Å². The Hall–Kier alpha value is -3.66. The number of aliphatic hydroxyl groups is 1. The molecule has 4 rings (SSSR count). The zero-order chi connectivity index (χ0) is 22.0. The molecule has 0 saturated carbocycles. The Morgan fingerprint density at radius 2 is 1.94 bits per heavy atom. The fourth-order valence-electron chi connectivity index (χ4n) is 3.05. The number of carbonyl (C=O) groups is 1. The summed E-state index contributed by atoms with van der Waals surface area (Å²) in [6.45, 7) is 0. The molecule has 0 aliphatic rings. The minimum atomic E-state index is -0.720. The van der Waals surface area contributed by atoms with Crippen molar-refractivity contribution >= 4 is 34.3 Å². The minimum Gasteiger partial charge on any atom is -0.510 e. The number of methoxy groups -OCH3 is 1. The molecule has 2 N–H and O–H groups in total. The maximum absolute atomic E-state index is 14.1. The van der Waals surface area contributed by atoms with Gasteiger partial charge in [-0.05, 0) is 24.3 Å². The second kappa shape index (κ2) is 8.60. The number of ether oxygens (including phenoxy) is 1. The van der Waals surface area contributed by atoms with Gasteiger partial charge < -0.3 is 19.4 Å². The van der Waals surface area contributed by atoms with Crippen molar-refractivity contribution in [3.8, 4) is 11.4 Å². The molecule has 0 aliphatic heterocycles. The van der Waals surface area contributed by atoms with Crippen molar-refractivity contribution in [3.63, 3.8) is 0 Å². The molecule has 0 fully saturated rings. The van der Waals surface area contributed by atoms with Crippen LogP contribution in [0.5, 0.6) is 0 Å². The third kappa shape index (κ3) is 4.02. The summed E-state index contributed by atoms with van der Waals surface area (Å²) in [4.78, 5) is 19.7. The first-order valence-corrected chi connectivity index (χ1v) is 10.2. The number of rotatable bonds is 6. The predicted molar refractivity (Wildman–Crippen MR) is 115 cm³/mol. The summed E-state index contributed by atoms with van der Waals surface area (Å²) in [5.74, 6) is -0.792. The number of para-hydroxylation sites is 2. The number of hydrogen-bond acceptors (Lipinski definition) is 7. The maximum Gasteiger partial charge on any atom is 0.345 e. The van der Waals surface area contributed by atoms with Crippen LogP contribution < -0.4 is 0 Å². The molecular weight excluding hydrogens is 421 g/mol. The average Bonchev–Trinajstić information content (AvgIpc) is 3.36. The molecule has 0 atom stereocenters. The van der Waals surface area contributed by atoms with Gasteiger partial charge in [0.05, 0.1) is 29.5 Å². The van der Waals surface area contributed by atoms with Gasteiger partial charge in [0.2, 0.25) is 0 Å². The van der Waals surface area contributed by atoms with E-state index in [9.17, 15) is 14.3 Å². The summed E-state index contributed by atoms with van der Waals surface area (Å²) in [5, 5.41) is 19.3. The summed E-state index contributed by atoms with van der Waals surface area (Å²) >= 11 is 1.14. The highest BCUT2D eigenvalue weighted by atomic mass is 32.2. The minimum absolute atomic E-state index is 0.00469. The summed E-state index contributed by atoms with van der Waals surface area (Å²) in [5.41, 5.74) is 1.63. The normalized spacial score (nSPS) is 12.1. The molecule has 2 aromatic carbocycles. The first-order valence-electron chi connectivity index (χ1n) is 9.22. The molecule has 2 heterocycles. The van der Waals surface area contributed by atoms with Crippen molar-refractivity contribution in [2.75, 3.05) is 12.9 Å². The molecular formula is C21H18FN5O3S. The van der Waals surface area contributed by atoms with Crippen LogP contribution in [0.25, 0.3) is 28.0 Å². The van der Waals surface area contributed by atoms with Crippen LogP contribution in [0.15, 0.2) is 59.4 Å². The molecule has 0 bridgehead atoms. The molecule has 4 aromatic rings. The number of nitrogens with one attached hydrogen (secondary N) is 1. The van der Waals surface area contributed by atoms with Crippen molar-refractivity contribution in [2.24, 2.45) is 7.05 Å². The number of aliphatic hydroxyl groups excluding tert-OH is 1. The molecule has 0 saturated heterocycles. The van der Waals surface area contributed by atoms with E-state index in [1.807, 2.05) is 18.2 Å². The molecule has 31 heavy (non-hydrogen) atoms. The quantitative estimate of drug-likeness (QED) is 0.204. The smallest absolute Gasteiger partial charge is 0.345 e. The summed E-state index contributed by atoms with van der Waals surface area (Å²) in [7, 11) is 2.93. The number of benzene rings is 2. The van der Waals surface area contributed by atoms with Gasteiger partial charge in [0.1, 0.15) is 23.0 Å². The van der Waals surface area contributed by atoms with Crippen LogP contribution in [-0.4, -0.2) is 48.7 Å². The molecule has 158 valence electrons. The van der Waals surface area contributed by atoms with Crippen LogP contribution in [0, 0.1) is 5.82 Å². The lowest BCUT2D eigenvalue weighted by Gasteiger charge is -2.07. The Balaban J connectivity index is 1.63. The molecule has 10 heteroatoms. The zero-order valence-electron chi connectivity index (χ0n) is 16.7. The van der Waals surface area contributed by atoms with Gasteiger partial charge >= 0.3 is 5.97 Å². The number of nitrogens with zero attached hydrogens (tertiary/aromatic N) is 4. The molecule has 2 aromatic heterocycles. The summed E-state index contributed by atoms with van der Waals surface area (Å²) in [6.07, 6.45) is 0. The number of aromatic nitrogens is 5. The van der Waals surface area contributed by atoms with Gasteiger partial charge in [0, 0.05) is 7.05 Å². The van der Waals surface area contributed by atoms with Crippen molar-refractivity contribution in [3.05, 3.63) is 65.9 Å². The molecule has 0 unspecified atom stereocenters. The Morgan fingerprint density at radius 1 is 1.19 bits per heavy atom. The number of fused-ring (bicyclic) bond motifs is 1. The van der Waals surface area contributed by atoms with Gasteiger partial charge in [0.15, 0.2) is 11.0 Å². The Kier molecular flexibility index (Phi) is 5.72. The molecule has 0 radical (unpaired) electrons. The third-order valence-electron chi connectivity index (χ3n) is 4.59. The van der Waals surface area contributed by atoms with Gasteiger partial charge in [-0.1, -0.05) is 36.0 Å².